The van der Waals surface area contributed by atoms with Crippen LogP contribution < -0.4 is 9.64 Å². The minimum atomic E-state index is -0.127. The van der Waals surface area contributed by atoms with Crippen LogP contribution in [0.15, 0.2) is 24.3 Å². The number of nitrogens with zero attached hydrogens (tertiary/aromatic N) is 2. The maximum Gasteiger partial charge on any atom is 0.242 e. The number of carbonyl (C=O) groups excluding carboxylic acids is 2. The fraction of sp³-hybridized carbons (Fsp3) is 0.579. The lowest BCUT2D eigenvalue weighted by atomic mass is 10.00. The molecule has 0 radical (unpaired) electrons. The number of hydrogen-bond donors (Lipinski definition) is 0. The Morgan fingerprint density at radius 1 is 1.21 bits per heavy atom. The van der Waals surface area contributed by atoms with Crippen LogP contribution in [0, 0.1) is 0 Å². The molecule has 1 aromatic carbocycles. The van der Waals surface area contributed by atoms with Gasteiger partial charge in [-0.1, -0.05) is 6.92 Å². The van der Waals surface area contributed by atoms with Crippen LogP contribution in [0.4, 0.5) is 5.69 Å². The standard InChI is InChI=1S/C19H28N2O3/c1-4-16-8-6-7-13-20(16)19(23)14-21(15(3)22)17-9-11-18(12-10-17)24-5-2/h9-12,16H,4-8,13-14H2,1-3H3. The molecule has 0 N–H and O–H groups in total. The maximum atomic E-state index is 12.7. The predicted octanol–water partition coefficient (Wildman–Crippen LogP) is 3.23. The zero-order chi connectivity index (χ0) is 17.5. The molecule has 1 fully saturated rings. The Kier molecular flexibility index (Phi) is 6.64. The highest BCUT2D eigenvalue weighted by molar-refractivity contribution is 5.97. The summed E-state index contributed by atoms with van der Waals surface area (Å²) in [7, 11) is 0. The number of anilines is 1. The first-order valence-electron chi connectivity index (χ1n) is 8.87. The van der Waals surface area contributed by atoms with Gasteiger partial charge in [0, 0.05) is 25.2 Å². The van der Waals surface area contributed by atoms with Gasteiger partial charge in [0.05, 0.1) is 6.61 Å². The van der Waals surface area contributed by atoms with Gasteiger partial charge in [0.2, 0.25) is 11.8 Å². The minimum absolute atomic E-state index is 0.0330. The van der Waals surface area contributed by atoms with E-state index in [1.807, 2.05) is 36.1 Å². The van der Waals surface area contributed by atoms with Gasteiger partial charge in [0.25, 0.3) is 0 Å². The molecule has 5 heteroatoms. The molecule has 0 bridgehead atoms. The average molecular weight is 332 g/mol. The van der Waals surface area contributed by atoms with Crippen molar-refractivity contribution < 1.29 is 14.3 Å². The van der Waals surface area contributed by atoms with Crippen molar-refractivity contribution in [2.45, 2.75) is 52.5 Å². The van der Waals surface area contributed by atoms with E-state index >= 15 is 0 Å². The highest BCUT2D eigenvalue weighted by Crippen LogP contribution is 2.22. The van der Waals surface area contributed by atoms with Gasteiger partial charge in [-0.3, -0.25) is 9.59 Å². The third kappa shape index (κ3) is 4.49. The SMILES string of the molecule is CCOc1ccc(N(CC(=O)N2CCCCC2CC)C(C)=O)cc1. The molecule has 1 atom stereocenters. The summed E-state index contributed by atoms with van der Waals surface area (Å²) in [6, 6.07) is 7.62. The molecule has 1 aliphatic rings. The van der Waals surface area contributed by atoms with Crippen LogP contribution in [0.5, 0.6) is 5.75 Å². The number of benzene rings is 1. The van der Waals surface area contributed by atoms with Gasteiger partial charge in [-0.05, 0) is 56.9 Å². The Morgan fingerprint density at radius 3 is 2.50 bits per heavy atom. The largest absolute Gasteiger partial charge is 0.494 e. The third-order valence-corrected chi connectivity index (χ3v) is 4.55. The van der Waals surface area contributed by atoms with E-state index in [0.717, 1.165) is 37.2 Å². The quantitative estimate of drug-likeness (QED) is 0.803. The molecule has 24 heavy (non-hydrogen) atoms. The topological polar surface area (TPSA) is 49.9 Å². The number of piperidine rings is 1. The van der Waals surface area contributed by atoms with Crippen LogP contribution >= 0.6 is 0 Å². The lowest BCUT2D eigenvalue weighted by molar-refractivity contribution is -0.134. The maximum absolute atomic E-state index is 12.7. The van der Waals surface area contributed by atoms with E-state index in [-0.39, 0.29) is 18.4 Å². The molecular weight excluding hydrogens is 304 g/mol. The zero-order valence-corrected chi connectivity index (χ0v) is 15.0. The normalized spacial score (nSPS) is 17.5. The molecule has 1 aromatic rings. The van der Waals surface area contributed by atoms with Crippen LogP contribution in [0.3, 0.4) is 0 Å². The van der Waals surface area contributed by atoms with E-state index in [2.05, 4.69) is 6.92 Å². The first kappa shape index (κ1) is 18.3. The van der Waals surface area contributed by atoms with Crippen molar-refractivity contribution >= 4 is 17.5 Å². The predicted molar refractivity (Wildman–Crippen MR) is 95.3 cm³/mol. The van der Waals surface area contributed by atoms with Gasteiger partial charge in [0.15, 0.2) is 0 Å². The molecule has 132 valence electrons. The zero-order valence-electron chi connectivity index (χ0n) is 15.0. The molecular formula is C19H28N2O3. The van der Waals surface area contributed by atoms with Gasteiger partial charge >= 0.3 is 0 Å². The van der Waals surface area contributed by atoms with Gasteiger partial charge in [-0.15, -0.1) is 0 Å². The number of ether oxygens (including phenoxy) is 1. The fourth-order valence-corrected chi connectivity index (χ4v) is 3.25. The Bertz CT molecular complexity index is 556. The highest BCUT2D eigenvalue weighted by Gasteiger charge is 2.27. The summed E-state index contributed by atoms with van der Waals surface area (Å²) in [6.45, 7) is 7.04. The van der Waals surface area contributed by atoms with Gasteiger partial charge in [-0.2, -0.15) is 0 Å². The van der Waals surface area contributed by atoms with E-state index in [0.29, 0.717) is 12.6 Å². The summed E-state index contributed by atoms with van der Waals surface area (Å²) in [5.74, 6) is 0.668. The molecule has 1 aliphatic heterocycles. The molecule has 2 amide bonds. The van der Waals surface area contributed by atoms with E-state index in [1.54, 1.807) is 4.90 Å². The minimum Gasteiger partial charge on any atom is -0.494 e. The lowest BCUT2D eigenvalue weighted by Gasteiger charge is -2.36. The molecule has 0 aromatic heterocycles. The molecule has 1 heterocycles. The van der Waals surface area contributed by atoms with Crippen LogP contribution in [0.25, 0.3) is 0 Å². The summed E-state index contributed by atoms with van der Waals surface area (Å²) < 4.78 is 5.43. The summed E-state index contributed by atoms with van der Waals surface area (Å²) in [6.07, 6.45) is 4.25. The Balaban J connectivity index is 2.10. The summed E-state index contributed by atoms with van der Waals surface area (Å²) >= 11 is 0. The van der Waals surface area contributed by atoms with Crippen molar-refractivity contribution in [3.8, 4) is 5.75 Å². The van der Waals surface area contributed by atoms with Crippen LogP contribution in [0.1, 0.15) is 46.5 Å². The van der Waals surface area contributed by atoms with Crippen molar-refractivity contribution in [3.05, 3.63) is 24.3 Å². The van der Waals surface area contributed by atoms with Crippen molar-refractivity contribution in [2.75, 3.05) is 24.6 Å². The number of carbonyl (C=O) groups is 2. The molecule has 2 rings (SSSR count). The highest BCUT2D eigenvalue weighted by atomic mass is 16.5. The Labute approximate surface area is 144 Å². The first-order valence-corrected chi connectivity index (χ1v) is 8.87. The smallest absolute Gasteiger partial charge is 0.242 e. The van der Waals surface area contributed by atoms with E-state index in [1.165, 1.54) is 13.3 Å². The molecule has 0 aliphatic carbocycles. The first-order chi connectivity index (χ1) is 11.6. The van der Waals surface area contributed by atoms with E-state index < -0.39 is 0 Å². The van der Waals surface area contributed by atoms with Crippen LogP contribution in [-0.2, 0) is 9.59 Å². The Hall–Kier alpha value is -2.04. The lowest BCUT2D eigenvalue weighted by Crippen LogP contribution is -2.48. The number of hydrogen-bond acceptors (Lipinski definition) is 3. The summed E-state index contributed by atoms with van der Waals surface area (Å²) in [4.78, 5) is 28.3. The van der Waals surface area contributed by atoms with Crippen LogP contribution in [0.2, 0.25) is 0 Å². The number of likely N-dealkylation sites (tertiary alicyclic amines) is 1. The number of rotatable bonds is 6. The van der Waals surface area contributed by atoms with Gasteiger partial charge in [-0.25, -0.2) is 0 Å². The number of amides is 2. The molecule has 0 saturated carbocycles. The second-order valence-electron chi connectivity index (χ2n) is 6.18. The molecule has 1 unspecified atom stereocenters. The Morgan fingerprint density at radius 2 is 1.92 bits per heavy atom. The monoisotopic (exact) mass is 332 g/mol. The average Bonchev–Trinajstić information content (AvgIpc) is 2.60. The summed E-state index contributed by atoms with van der Waals surface area (Å²) in [5, 5.41) is 0. The molecule has 1 saturated heterocycles. The van der Waals surface area contributed by atoms with Crippen molar-refractivity contribution in [1.82, 2.24) is 4.90 Å². The second-order valence-corrected chi connectivity index (χ2v) is 6.18. The molecule has 5 nitrogen and oxygen atoms in total. The van der Waals surface area contributed by atoms with Crippen LogP contribution in [-0.4, -0.2) is 42.5 Å². The van der Waals surface area contributed by atoms with Gasteiger partial charge in [0.1, 0.15) is 12.3 Å². The van der Waals surface area contributed by atoms with Gasteiger partial charge < -0.3 is 14.5 Å². The van der Waals surface area contributed by atoms with Crippen molar-refractivity contribution in [3.63, 3.8) is 0 Å². The van der Waals surface area contributed by atoms with E-state index in [9.17, 15) is 9.59 Å². The molecule has 0 spiro atoms. The van der Waals surface area contributed by atoms with E-state index in [4.69, 9.17) is 4.74 Å². The fourth-order valence-electron chi connectivity index (χ4n) is 3.25. The second kappa shape index (κ2) is 8.71. The third-order valence-electron chi connectivity index (χ3n) is 4.55. The summed E-state index contributed by atoms with van der Waals surface area (Å²) in [5.41, 5.74) is 0.726. The van der Waals surface area contributed by atoms with Crippen molar-refractivity contribution in [2.24, 2.45) is 0 Å². The van der Waals surface area contributed by atoms with Crippen molar-refractivity contribution in [1.29, 1.82) is 0 Å².